The maximum atomic E-state index is 11.8. The van der Waals surface area contributed by atoms with Crippen LogP contribution in [0.1, 0.15) is 24.6 Å². The average molecular weight is 248 g/mol. The number of benzene rings is 1. The number of carbonyl (C=O) groups is 1. The summed E-state index contributed by atoms with van der Waals surface area (Å²) < 4.78 is 5.61. The summed E-state index contributed by atoms with van der Waals surface area (Å²) in [7, 11) is 0. The van der Waals surface area contributed by atoms with Crippen molar-refractivity contribution in [2.24, 2.45) is 0 Å². The molecular weight excluding hydrogens is 236 g/mol. The van der Waals surface area contributed by atoms with Crippen LogP contribution in [0.5, 0.6) is 0 Å². The smallest absolute Gasteiger partial charge is 0.269 e. The minimum absolute atomic E-state index is 0.0426. The number of hydrogen-bond donors (Lipinski definition) is 0. The summed E-state index contributed by atoms with van der Waals surface area (Å²) in [6, 6.07) is 6.34. The zero-order chi connectivity index (χ0) is 12.7. The van der Waals surface area contributed by atoms with Gasteiger partial charge in [0.05, 0.1) is 17.6 Å². The second-order valence-corrected chi connectivity index (χ2v) is 4.53. The molecule has 0 N–H and O–H groups in total. The third-order valence-electron chi connectivity index (χ3n) is 3.46. The van der Waals surface area contributed by atoms with Gasteiger partial charge in [-0.05, 0) is 18.6 Å². The van der Waals surface area contributed by atoms with Gasteiger partial charge in [0.15, 0.2) is 6.23 Å². The van der Waals surface area contributed by atoms with Crippen LogP contribution in [0.25, 0.3) is 0 Å². The van der Waals surface area contributed by atoms with Crippen molar-refractivity contribution < 1.29 is 14.5 Å². The van der Waals surface area contributed by atoms with Crippen LogP contribution in [0.3, 0.4) is 0 Å². The summed E-state index contributed by atoms with van der Waals surface area (Å²) >= 11 is 0. The number of nitrogens with zero attached hydrogens (tertiary/aromatic N) is 2. The molecule has 0 bridgehead atoms. The predicted molar refractivity (Wildman–Crippen MR) is 61.7 cm³/mol. The Balaban J connectivity index is 1.86. The van der Waals surface area contributed by atoms with Crippen molar-refractivity contribution in [1.82, 2.24) is 4.90 Å². The maximum absolute atomic E-state index is 11.8. The molecule has 1 amide bonds. The van der Waals surface area contributed by atoms with Crippen LogP contribution in [0.15, 0.2) is 24.3 Å². The van der Waals surface area contributed by atoms with Crippen LogP contribution in [0.4, 0.5) is 5.69 Å². The molecule has 2 aliphatic heterocycles. The lowest BCUT2D eigenvalue weighted by Crippen LogP contribution is -2.30. The summed E-state index contributed by atoms with van der Waals surface area (Å²) in [4.78, 5) is 23.6. The number of ether oxygens (including phenoxy) is 1. The van der Waals surface area contributed by atoms with Gasteiger partial charge in [-0.1, -0.05) is 0 Å². The van der Waals surface area contributed by atoms with Gasteiger partial charge >= 0.3 is 0 Å². The molecule has 6 nitrogen and oxygen atoms in total. The van der Waals surface area contributed by atoms with Crippen molar-refractivity contribution in [3.8, 4) is 0 Å². The Morgan fingerprint density at radius 3 is 2.72 bits per heavy atom. The minimum atomic E-state index is -0.441. The Labute approximate surface area is 103 Å². The molecule has 2 aliphatic rings. The molecule has 0 saturated carbocycles. The SMILES string of the molecule is O=C1CC[C@H]2CO[C@H](c3ccc([N+](=O)[O-])cc3)N12. The first-order valence-electron chi connectivity index (χ1n) is 5.84. The van der Waals surface area contributed by atoms with E-state index in [1.807, 2.05) is 0 Å². The van der Waals surface area contributed by atoms with Crippen molar-refractivity contribution in [3.05, 3.63) is 39.9 Å². The summed E-state index contributed by atoms with van der Waals surface area (Å²) in [6.07, 6.45) is 1.02. The van der Waals surface area contributed by atoms with Gasteiger partial charge < -0.3 is 9.64 Å². The first-order valence-corrected chi connectivity index (χ1v) is 5.84. The van der Waals surface area contributed by atoms with Crippen LogP contribution >= 0.6 is 0 Å². The molecule has 94 valence electrons. The number of nitro groups is 1. The summed E-state index contributed by atoms with van der Waals surface area (Å²) in [6.45, 7) is 0.549. The molecule has 1 aromatic rings. The monoisotopic (exact) mass is 248 g/mol. The van der Waals surface area contributed by atoms with E-state index in [9.17, 15) is 14.9 Å². The number of amides is 1. The van der Waals surface area contributed by atoms with Gasteiger partial charge in [0.1, 0.15) is 0 Å². The van der Waals surface area contributed by atoms with Crippen molar-refractivity contribution in [1.29, 1.82) is 0 Å². The molecule has 0 aromatic heterocycles. The second-order valence-electron chi connectivity index (χ2n) is 4.53. The van der Waals surface area contributed by atoms with E-state index in [1.165, 1.54) is 12.1 Å². The van der Waals surface area contributed by atoms with Crippen LogP contribution in [-0.2, 0) is 9.53 Å². The Bertz CT molecular complexity index is 499. The number of nitro benzene ring substituents is 1. The van der Waals surface area contributed by atoms with E-state index < -0.39 is 4.92 Å². The van der Waals surface area contributed by atoms with E-state index in [-0.39, 0.29) is 23.9 Å². The van der Waals surface area contributed by atoms with Crippen molar-refractivity contribution in [2.45, 2.75) is 25.1 Å². The summed E-state index contributed by atoms with van der Waals surface area (Å²) in [5, 5.41) is 10.6. The fraction of sp³-hybridized carbons (Fsp3) is 0.417. The van der Waals surface area contributed by atoms with E-state index in [0.717, 1.165) is 12.0 Å². The average Bonchev–Trinajstić information content (AvgIpc) is 2.93. The molecule has 0 radical (unpaired) electrons. The molecule has 1 aromatic carbocycles. The zero-order valence-corrected chi connectivity index (χ0v) is 9.61. The standard InChI is InChI=1S/C12H12N2O4/c15-11-6-5-10-7-18-12(13(10)11)8-1-3-9(4-2-8)14(16)17/h1-4,10,12H,5-7H2/t10-,12+/m0/s1. The largest absolute Gasteiger partial charge is 0.352 e. The molecule has 0 aliphatic carbocycles. The van der Waals surface area contributed by atoms with Crippen molar-refractivity contribution in [3.63, 3.8) is 0 Å². The van der Waals surface area contributed by atoms with Crippen molar-refractivity contribution >= 4 is 11.6 Å². The molecule has 2 saturated heterocycles. The first-order chi connectivity index (χ1) is 8.66. The highest BCUT2D eigenvalue weighted by atomic mass is 16.6. The highest BCUT2D eigenvalue weighted by Crippen LogP contribution is 2.37. The molecule has 18 heavy (non-hydrogen) atoms. The lowest BCUT2D eigenvalue weighted by Gasteiger charge is -2.22. The van der Waals surface area contributed by atoms with E-state index in [0.29, 0.717) is 13.0 Å². The molecule has 2 fully saturated rings. The van der Waals surface area contributed by atoms with Crippen LogP contribution < -0.4 is 0 Å². The quantitative estimate of drug-likeness (QED) is 0.588. The topological polar surface area (TPSA) is 72.7 Å². The highest BCUT2D eigenvalue weighted by Gasteiger charge is 2.42. The fourth-order valence-corrected chi connectivity index (χ4v) is 2.55. The predicted octanol–water partition coefficient (Wildman–Crippen LogP) is 1.61. The normalized spacial score (nSPS) is 26.4. The van der Waals surface area contributed by atoms with Gasteiger partial charge in [-0.2, -0.15) is 0 Å². The number of hydrogen-bond acceptors (Lipinski definition) is 4. The van der Waals surface area contributed by atoms with E-state index in [1.54, 1.807) is 17.0 Å². The van der Waals surface area contributed by atoms with Gasteiger partial charge in [0.2, 0.25) is 5.91 Å². The number of carbonyl (C=O) groups excluding carboxylic acids is 1. The molecule has 3 rings (SSSR count). The van der Waals surface area contributed by atoms with Gasteiger partial charge in [-0.25, -0.2) is 0 Å². The summed E-state index contributed by atoms with van der Waals surface area (Å²) in [5.41, 5.74) is 0.833. The van der Waals surface area contributed by atoms with Crippen LogP contribution in [0, 0.1) is 10.1 Å². The Morgan fingerprint density at radius 1 is 1.33 bits per heavy atom. The number of fused-ring (bicyclic) bond motifs is 1. The second kappa shape index (κ2) is 4.06. The summed E-state index contributed by atoms with van der Waals surface area (Å²) in [5.74, 6) is 0.0980. The Hall–Kier alpha value is -1.95. The molecule has 0 spiro atoms. The molecule has 6 heteroatoms. The third kappa shape index (κ3) is 1.65. The van der Waals surface area contributed by atoms with Crippen LogP contribution in [0.2, 0.25) is 0 Å². The van der Waals surface area contributed by atoms with Crippen molar-refractivity contribution in [2.75, 3.05) is 6.61 Å². The Morgan fingerprint density at radius 2 is 2.06 bits per heavy atom. The molecule has 2 heterocycles. The number of non-ortho nitro benzene ring substituents is 1. The minimum Gasteiger partial charge on any atom is -0.352 e. The van der Waals surface area contributed by atoms with Gasteiger partial charge in [0, 0.05) is 24.1 Å². The third-order valence-corrected chi connectivity index (χ3v) is 3.46. The molecule has 2 atom stereocenters. The fourth-order valence-electron chi connectivity index (χ4n) is 2.55. The van der Waals surface area contributed by atoms with E-state index in [4.69, 9.17) is 4.74 Å². The first kappa shape index (κ1) is 11.2. The Kier molecular flexibility index (Phi) is 2.52. The van der Waals surface area contributed by atoms with Crippen LogP contribution in [-0.4, -0.2) is 28.4 Å². The number of rotatable bonds is 2. The van der Waals surface area contributed by atoms with Gasteiger partial charge in [-0.15, -0.1) is 0 Å². The molecule has 0 unspecified atom stereocenters. The zero-order valence-electron chi connectivity index (χ0n) is 9.61. The van der Waals surface area contributed by atoms with E-state index >= 15 is 0 Å². The molecular formula is C12H12N2O4. The maximum Gasteiger partial charge on any atom is 0.269 e. The highest BCUT2D eigenvalue weighted by molar-refractivity contribution is 5.79. The van der Waals surface area contributed by atoms with Gasteiger partial charge in [0.25, 0.3) is 5.69 Å². The lowest BCUT2D eigenvalue weighted by molar-refractivity contribution is -0.384. The lowest BCUT2D eigenvalue weighted by atomic mass is 10.1. The van der Waals surface area contributed by atoms with E-state index in [2.05, 4.69) is 0 Å². The van der Waals surface area contributed by atoms with Gasteiger partial charge in [-0.3, -0.25) is 14.9 Å².